The van der Waals surface area contributed by atoms with Crippen molar-refractivity contribution in [3.63, 3.8) is 0 Å². The predicted octanol–water partition coefficient (Wildman–Crippen LogP) is 4.30. The molecule has 0 radical (unpaired) electrons. The van der Waals surface area contributed by atoms with Crippen molar-refractivity contribution in [3.05, 3.63) is 29.8 Å². The molecule has 1 spiro atoms. The maximum absolute atomic E-state index is 9.80. The predicted molar refractivity (Wildman–Crippen MR) is 70.1 cm³/mol. The number of phenolic OH excluding ortho intramolecular Hbond substituents is 1. The second-order valence-electron chi connectivity index (χ2n) is 6.13. The van der Waals surface area contributed by atoms with Crippen molar-refractivity contribution in [2.75, 3.05) is 0 Å². The van der Waals surface area contributed by atoms with E-state index in [0.29, 0.717) is 5.75 Å². The fourth-order valence-corrected chi connectivity index (χ4v) is 3.67. The van der Waals surface area contributed by atoms with Crippen LogP contribution < -0.4 is 0 Å². The van der Waals surface area contributed by atoms with Crippen LogP contribution in [0.4, 0.5) is 0 Å². The topological polar surface area (TPSA) is 20.2 Å². The Morgan fingerprint density at radius 2 is 1.76 bits per heavy atom. The van der Waals surface area contributed by atoms with E-state index in [1.807, 2.05) is 18.2 Å². The summed E-state index contributed by atoms with van der Waals surface area (Å²) in [4.78, 5) is 0. The molecule has 0 heterocycles. The van der Waals surface area contributed by atoms with Crippen LogP contribution in [0.5, 0.6) is 5.75 Å². The third kappa shape index (κ3) is 2.20. The summed E-state index contributed by atoms with van der Waals surface area (Å²) >= 11 is 0. The minimum Gasteiger partial charge on any atom is -0.508 e. The van der Waals surface area contributed by atoms with Crippen LogP contribution in [0, 0.1) is 11.3 Å². The Bertz CT molecular complexity index is 382. The van der Waals surface area contributed by atoms with Crippen molar-refractivity contribution in [1.82, 2.24) is 0 Å². The highest BCUT2D eigenvalue weighted by Crippen LogP contribution is 2.53. The molecule has 0 aliphatic heterocycles. The van der Waals surface area contributed by atoms with Crippen LogP contribution in [0.15, 0.2) is 24.3 Å². The van der Waals surface area contributed by atoms with Crippen LogP contribution in [0.25, 0.3) is 0 Å². The Hall–Kier alpha value is -0.980. The Kier molecular flexibility index (Phi) is 2.85. The molecule has 1 nitrogen and oxygen atoms in total. The fourth-order valence-electron chi connectivity index (χ4n) is 3.67. The summed E-state index contributed by atoms with van der Waals surface area (Å²) in [6.07, 6.45) is 11.1. The van der Waals surface area contributed by atoms with E-state index < -0.39 is 0 Å². The Labute approximate surface area is 104 Å². The lowest BCUT2D eigenvalue weighted by Gasteiger charge is -2.47. The van der Waals surface area contributed by atoms with E-state index >= 15 is 0 Å². The molecule has 2 saturated carbocycles. The highest BCUT2D eigenvalue weighted by Gasteiger charge is 2.39. The molecule has 0 saturated heterocycles. The monoisotopic (exact) mass is 230 g/mol. The molecule has 0 aromatic heterocycles. The second-order valence-corrected chi connectivity index (χ2v) is 6.13. The fraction of sp³-hybridized carbons (Fsp3) is 0.625. The van der Waals surface area contributed by atoms with E-state index in [1.54, 1.807) is 0 Å². The van der Waals surface area contributed by atoms with Gasteiger partial charge in [-0.05, 0) is 67.9 Å². The lowest BCUT2D eigenvalue weighted by Crippen LogP contribution is -2.34. The smallest absolute Gasteiger partial charge is 0.118 e. The average molecular weight is 230 g/mol. The van der Waals surface area contributed by atoms with Gasteiger partial charge in [-0.25, -0.2) is 0 Å². The van der Waals surface area contributed by atoms with Crippen molar-refractivity contribution >= 4 is 0 Å². The molecule has 2 aliphatic rings. The molecule has 3 rings (SSSR count). The summed E-state index contributed by atoms with van der Waals surface area (Å²) in [5, 5.41) is 9.80. The highest BCUT2D eigenvalue weighted by atomic mass is 16.3. The van der Waals surface area contributed by atoms with Gasteiger partial charge in [-0.1, -0.05) is 24.6 Å². The summed E-state index contributed by atoms with van der Waals surface area (Å²) in [6.45, 7) is 0. The normalized spacial score (nSPS) is 23.5. The molecule has 1 aromatic carbocycles. The molecule has 1 heteroatoms. The quantitative estimate of drug-likeness (QED) is 0.803. The first-order valence-corrected chi connectivity index (χ1v) is 7.04. The van der Waals surface area contributed by atoms with Crippen LogP contribution in [0.1, 0.15) is 50.5 Å². The summed E-state index contributed by atoms with van der Waals surface area (Å²) in [5.41, 5.74) is 1.90. The van der Waals surface area contributed by atoms with Gasteiger partial charge in [-0.2, -0.15) is 0 Å². The molecule has 0 bridgehead atoms. The van der Waals surface area contributed by atoms with E-state index in [1.165, 1.54) is 44.9 Å². The molecule has 0 unspecified atom stereocenters. The second kappa shape index (κ2) is 4.36. The molecule has 2 aliphatic carbocycles. The average Bonchev–Trinajstić information content (AvgIpc) is 2.31. The lowest BCUT2D eigenvalue weighted by atomic mass is 9.59. The first-order valence-electron chi connectivity index (χ1n) is 7.04. The van der Waals surface area contributed by atoms with Gasteiger partial charge >= 0.3 is 0 Å². The minimum atomic E-state index is 0.483. The Balaban J connectivity index is 1.59. The molecule has 2 fully saturated rings. The zero-order valence-electron chi connectivity index (χ0n) is 10.5. The number of rotatable bonds is 2. The number of phenols is 1. The van der Waals surface area contributed by atoms with Gasteiger partial charge in [0.25, 0.3) is 0 Å². The Morgan fingerprint density at radius 1 is 1.06 bits per heavy atom. The molecule has 1 aromatic rings. The minimum absolute atomic E-state index is 0.483. The maximum atomic E-state index is 9.80. The van der Waals surface area contributed by atoms with Gasteiger partial charge in [0.1, 0.15) is 5.75 Å². The molecular formula is C16H22O. The van der Waals surface area contributed by atoms with Gasteiger partial charge < -0.3 is 5.11 Å². The number of hydrogen-bond donors (Lipinski definition) is 1. The van der Waals surface area contributed by atoms with E-state index in [2.05, 4.69) is 6.07 Å². The van der Waals surface area contributed by atoms with Crippen molar-refractivity contribution in [1.29, 1.82) is 0 Å². The highest BCUT2D eigenvalue weighted by molar-refractivity contribution is 5.32. The zero-order chi connectivity index (χ0) is 11.7. The number of hydrogen-bond acceptors (Lipinski definition) is 1. The van der Waals surface area contributed by atoms with Gasteiger partial charge in [-0.15, -0.1) is 0 Å². The van der Waals surface area contributed by atoms with Crippen molar-refractivity contribution in [2.24, 2.45) is 11.3 Å². The third-order valence-electron chi connectivity index (χ3n) is 5.08. The van der Waals surface area contributed by atoms with Crippen LogP contribution in [0.2, 0.25) is 0 Å². The van der Waals surface area contributed by atoms with Crippen LogP contribution in [-0.4, -0.2) is 5.11 Å². The summed E-state index contributed by atoms with van der Waals surface area (Å²) in [6, 6.07) is 7.82. The van der Waals surface area contributed by atoms with Gasteiger partial charge in [0, 0.05) is 0 Å². The van der Waals surface area contributed by atoms with Crippen molar-refractivity contribution in [2.45, 2.75) is 51.4 Å². The van der Waals surface area contributed by atoms with Crippen molar-refractivity contribution < 1.29 is 5.11 Å². The van der Waals surface area contributed by atoms with E-state index in [9.17, 15) is 5.11 Å². The summed E-state index contributed by atoms with van der Waals surface area (Å²) in [7, 11) is 0. The van der Waals surface area contributed by atoms with E-state index in [4.69, 9.17) is 0 Å². The molecule has 0 amide bonds. The first-order chi connectivity index (χ1) is 8.27. The number of para-hydroxylation sites is 1. The molecule has 1 N–H and O–H groups in total. The largest absolute Gasteiger partial charge is 0.508 e. The Morgan fingerprint density at radius 3 is 2.35 bits per heavy atom. The summed E-state index contributed by atoms with van der Waals surface area (Å²) in [5.74, 6) is 1.28. The van der Waals surface area contributed by atoms with Crippen LogP contribution in [-0.2, 0) is 6.42 Å². The summed E-state index contributed by atoms with van der Waals surface area (Å²) < 4.78 is 0. The van der Waals surface area contributed by atoms with Crippen LogP contribution >= 0.6 is 0 Å². The van der Waals surface area contributed by atoms with E-state index in [0.717, 1.165) is 23.3 Å². The lowest BCUT2D eigenvalue weighted by molar-refractivity contribution is 0.0554. The van der Waals surface area contributed by atoms with Gasteiger partial charge in [-0.3, -0.25) is 0 Å². The SMILES string of the molecule is Oc1ccccc1CC1CCC2(CCC2)CC1. The van der Waals surface area contributed by atoms with E-state index in [-0.39, 0.29) is 0 Å². The zero-order valence-corrected chi connectivity index (χ0v) is 10.5. The standard InChI is InChI=1S/C16H22O/c17-15-5-2-1-4-14(15)12-13-6-10-16(11-7-13)8-3-9-16/h1-2,4-5,13,17H,3,6-12H2. The van der Waals surface area contributed by atoms with Gasteiger partial charge in [0.15, 0.2) is 0 Å². The first kappa shape index (κ1) is 11.1. The molecule has 0 atom stereocenters. The molecule has 17 heavy (non-hydrogen) atoms. The maximum Gasteiger partial charge on any atom is 0.118 e. The van der Waals surface area contributed by atoms with Crippen LogP contribution in [0.3, 0.4) is 0 Å². The van der Waals surface area contributed by atoms with Crippen molar-refractivity contribution in [3.8, 4) is 5.75 Å². The third-order valence-corrected chi connectivity index (χ3v) is 5.08. The molecule has 92 valence electrons. The molecular weight excluding hydrogens is 208 g/mol. The van der Waals surface area contributed by atoms with Gasteiger partial charge in [0.05, 0.1) is 0 Å². The van der Waals surface area contributed by atoms with Gasteiger partial charge in [0.2, 0.25) is 0 Å². The number of aromatic hydroxyl groups is 1. The number of benzene rings is 1.